The Morgan fingerprint density at radius 1 is 1.21 bits per heavy atom. The second kappa shape index (κ2) is 6.48. The van der Waals surface area contributed by atoms with Crippen LogP contribution < -0.4 is 5.32 Å². The Morgan fingerprint density at radius 2 is 2.03 bits per heavy atom. The molecule has 0 saturated heterocycles. The average molecular weight is 387 g/mol. The summed E-state index contributed by atoms with van der Waals surface area (Å²) >= 11 is 0. The van der Waals surface area contributed by atoms with Gasteiger partial charge in [0.05, 0.1) is 11.2 Å². The van der Waals surface area contributed by atoms with E-state index >= 15 is 0 Å². The summed E-state index contributed by atoms with van der Waals surface area (Å²) in [5.74, 6) is -0.171. The van der Waals surface area contributed by atoms with Gasteiger partial charge >= 0.3 is 5.97 Å². The topological polar surface area (TPSA) is 85.0 Å². The summed E-state index contributed by atoms with van der Waals surface area (Å²) in [5, 5.41) is 18.3. The highest BCUT2D eigenvalue weighted by atomic mass is 16.4. The van der Waals surface area contributed by atoms with Crippen molar-refractivity contribution >= 4 is 28.4 Å². The zero-order chi connectivity index (χ0) is 20.1. The fourth-order valence-electron chi connectivity index (χ4n) is 3.87. The summed E-state index contributed by atoms with van der Waals surface area (Å²) in [6.45, 7) is 0. The van der Waals surface area contributed by atoms with Gasteiger partial charge in [-0.2, -0.15) is 5.10 Å². The lowest BCUT2D eigenvalue weighted by Crippen LogP contribution is -2.06. The summed E-state index contributed by atoms with van der Waals surface area (Å²) in [4.78, 5) is 16.3. The molecule has 4 aromatic rings. The van der Waals surface area contributed by atoms with E-state index < -0.39 is 5.97 Å². The number of carbonyl (C=O) groups is 1. The maximum absolute atomic E-state index is 11.8. The van der Waals surface area contributed by atoms with Gasteiger partial charge in [0.2, 0.25) is 0 Å². The predicted molar refractivity (Wildman–Crippen MR) is 112 cm³/mol. The number of carboxylic acid groups (broad SMARTS) is 1. The molecule has 7 nitrogen and oxygen atoms in total. The quantitative estimate of drug-likeness (QED) is 0.533. The number of anilines is 2. The molecule has 1 aliphatic carbocycles. The van der Waals surface area contributed by atoms with Gasteiger partial charge in [0.25, 0.3) is 0 Å². The molecular formula is C22H21N5O2. The number of hydrogen-bond donors (Lipinski definition) is 2. The Morgan fingerprint density at radius 3 is 2.72 bits per heavy atom. The predicted octanol–water partition coefficient (Wildman–Crippen LogP) is 4.29. The number of pyridine rings is 1. The third-order valence-electron chi connectivity index (χ3n) is 5.52. The smallest absolute Gasteiger partial charge is 0.339 e. The van der Waals surface area contributed by atoms with E-state index in [9.17, 15) is 9.90 Å². The molecule has 1 aromatic carbocycles. The van der Waals surface area contributed by atoms with Gasteiger partial charge in [-0.05, 0) is 54.7 Å². The van der Waals surface area contributed by atoms with Crippen LogP contribution in [0.2, 0.25) is 0 Å². The maximum Gasteiger partial charge on any atom is 0.339 e. The van der Waals surface area contributed by atoms with Crippen LogP contribution in [0, 0.1) is 0 Å². The molecule has 0 spiro atoms. The molecule has 3 heterocycles. The van der Waals surface area contributed by atoms with Crippen molar-refractivity contribution in [3.63, 3.8) is 0 Å². The van der Waals surface area contributed by atoms with E-state index in [-0.39, 0.29) is 5.56 Å². The highest BCUT2D eigenvalue weighted by Gasteiger charge is 2.26. The van der Waals surface area contributed by atoms with Crippen molar-refractivity contribution in [2.75, 3.05) is 5.32 Å². The fourth-order valence-corrected chi connectivity index (χ4v) is 3.87. The first-order valence-electron chi connectivity index (χ1n) is 9.59. The van der Waals surface area contributed by atoms with E-state index in [0.717, 1.165) is 46.3 Å². The normalized spacial score (nSPS) is 13.7. The number of nitrogens with zero attached hydrogens (tertiary/aromatic N) is 4. The van der Waals surface area contributed by atoms with Crippen LogP contribution in [0.1, 0.15) is 34.7 Å². The number of aromatic carboxylic acids is 1. The van der Waals surface area contributed by atoms with Gasteiger partial charge in [0, 0.05) is 49.3 Å². The molecule has 3 aromatic heterocycles. The Kier molecular flexibility index (Phi) is 3.91. The standard InChI is InChI=1S/C22H21N5O2/c1-26-8-6-14-9-16(11-17(20(14)26)19-5-7-24-27(19)2)25-21-18(22(28)29)10-15(12-23-21)13-3-4-13/h5-13H,3-4H2,1-2H3,(H,23,25)(H,28,29). The third-order valence-corrected chi connectivity index (χ3v) is 5.52. The lowest BCUT2D eigenvalue weighted by molar-refractivity contribution is 0.0697. The van der Waals surface area contributed by atoms with Gasteiger partial charge in [-0.3, -0.25) is 4.68 Å². The largest absolute Gasteiger partial charge is 0.478 e. The van der Waals surface area contributed by atoms with E-state index in [1.54, 1.807) is 18.5 Å². The molecule has 0 radical (unpaired) electrons. The first-order chi connectivity index (χ1) is 14.0. The summed E-state index contributed by atoms with van der Waals surface area (Å²) in [6, 6.07) is 9.79. The summed E-state index contributed by atoms with van der Waals surface area (Å²) in [5.41, 5.74) is 5.08. The van der Waals surface area contributed by atoms with Gasteiger partial charge in [0.1, 0.15) is 11.4 Å². The highest BCUT2D eigenvalue weighted by Crippen LogP contribution is 2.41. The van der Waals surface area contributed by atoms with Crippen LogP contribution in [0.3, 0.4) is 0 Å². The van der Waals surface area contributed by atoms with E-state index in [1.165, 1.54) is 0 Å². The van der Waals surface area contributed by atoms with Crippen molar-refractivity contribution in [3.05, 3.63) is 60.0 Å². The molecule has 2 N–H and O–H groups in total. The van der Waals surface area contributed by atoms with Crippen molar-refractivity contribution in [2.45, 2.75) is 18.8 Å². The minimum absolute atomic E-state index is 0.199. The lowest BCUT2D eigenvalue weighted by atomic mass is 10.1. The van der Waals surface area contributed by atoms with Crippen molar-refractivity contribution in [1.82, 2.24) is 19.3 Å². The molecule has 0 aliphatic heterocycles. The van der Waals surface area contributed by atoms with Gasteiger partial charge in [-0.1, -0.05) is 0 Å². The molecule has 0 unspecified atom stereocenters. The summed E-state index contributed by atoms with van der Waals surface area (Å²) < 4.78 is 3.91. The molecular weight excluding hydrogens is 366 g/mol. The molecule has 7 heteroatoms. The Balaban J connectivity index is 1.61. The molecule has 0 bridgehead atoms. The second-order valence-corrected chi connectivity index (χ2v) is 7.60. The third kappa shape index (κ3) is 3.04. The molecule has 0 amide bonds. The van der Waals surface area contributed by atoms with Crippen molar-refractivity contribution in [3.8, 4) is 11.3 Å². The van der Waals surface area contributed by atoms with Crippen LogP contribution in [-0.4, -0.2) is 30.4 Å². The second-order valence-electron chi connectivity index (χ2n) is 7.60. The van der Waals surface area contributed by atoms with E-state index in [4.69, 9.17) is 0 Å². The van der Waals surface area contributed by atoms with Gasteiger partial charge < -0.3 is 15.0 Å². The molecule has 0 atom stereocenters. The zero-order valence-electron chi connectivity index (χ0n) is 16.3. The summed E-state index contributed by atoms with van der Waals surface area (Å²) in [6.07, 6.45) is 7.78. The van der Waals surface area contributed by atoms with Crippen LogP contribution >= 0.6 is 0 Å². The van der Waals surface area contributed by atoms with Crippen molar-refractivity contribution in [1.29, 1.82) is 0 Å². The van der Waals surface area contributed by atoms with Crippen molar-refractivity contribution < 1.29 is 9.90 Å². The van der Waals surface area contributed by atoms with E-state index in [1.807, 2.05) is 49.2 Å². The SMILES string of the molecule is Cn1nccc1-c1cc(Nc2ncc(C3CC3)cc2C(=O)O)cc2ccn(C)c12. The number of carboxylic acids is 1. The maximum atomic E-state index is 11.8. The molecule has 1 saturated carbocycles. The minimum Gasteiger partial charge on any atom is -0.478 e. The number of hydrogen-bond acceptors (Lipinski definition) is 4. The number of rotatable bonds is 5. The monoisotopic (exact) mass is 387 g/mol. The molecule has 1 aliphatic rings. The average Bonchev–Trinajstić information content (AvgIpc) is 3.36. The Labute approximate surface area is 167 Å². The fraction of sp³-hybridized carbons (Fsp3) is 0.227. The number of benzene rings is 1. The van der Waals surface area contributed by atoms with Gasteiger partial charge in [-0.25, -0.2) is 9.78 Å². The van der Waals surface area contributed by atoms with Crippen molar-refractivity contribution in [2.24, 2.45) is 14.1 Å². The Hall–Kier alpha value is -3.61. The molecule has 146 valence electrons. The lowest BCUT2D eigenvalue weighted by Gasteiger charge is -2.13. The first-order valence-corrected chi connectivity index (χ1v) is 9.59. The van der Waals surface area contributed by atoms with Crippen LogP contribution in [0.5, 0.6) is 0 Å². The highest BCUT2D eigenvalue weighted by molar-refractivity contribution is 5.99. The summed E-state index contributed by atoms with van der Waals surface area (Å²) in [7, 11) is 3.92. The van der Waals surface area contributed by atoms with Gasteiger partial charge in [0.15, 0.2) is 0 Å². The van der Waals surface area contributed by atoms with Gasteiger partial charge in [-0.15, -0.1) is 0 Å². The molecule has 1 fully saturated rings. The zero-order valence-corrected chi connectivity index (χ0v) is 16.3. The van der Waals surface area contributed by atoms with Crippen LogP contribution in [-0.2, 0) is 14.1 Å². The first kappa shape index (κ1) is 17.5. The number of aromatic nitrogens is 4. The minimum atomic E-state index is -0.977. The number of nitrogens with one attached hydrogen (secondary N) is 1. The van der Waals surface area contributed by atoms with E-state index in [2.05, 4.69) is 20.0 Å². The number of fused-ring (bicyclic) bond motifs is 1. The molecule has 29 heavy (non-hydrogen) atoms. The Bertz CT molecular complexity index is 1250. The van der Waals surface area contributed by atoms with E-state index in [0.29, 0.717) is 11.7 Å². The number of aryl methyl sites for hydroxylation is 2. The van der Waals surface area contributed by atoms with Crippen LogP contribution in [0.15, 0.2) is 48.9 Å². The van der Waals surface area contributed by atoms with Crippen LogP contribution in [0.25, 0.3) is 22.2 Å². The van der Waals surface area contributed by atoms with Crippen LogP contribution in [0.4, 0.5) is 11.5 Å². The molecule has 5 rings (SSSR count).